The smallest absolute Gasteiger partial charge is 0.412 e. The van der Waals surface area contributed by atoms with Gasteiger partial charge in [-0.25, -0.2) is 4.79 Å². The summed E-state index contributed by atoms with van der Waals surface area (Å²) < 4.78 is 15.2. The number of carbonyl (C=O) groups excluding carboxylic acids is 1. The van der Waals surface area contributed by atoms with Crippen molar-refractivity contribution in [3.05, 3.63) is 30.1 Å². The monoisotopic (exact) mass is 349 g/mol. The SMILES string of the molecule is CC(C)(C)OC(=O)Nc1ccc(Oc2nc(C(C)(C)C)ns2)cc1. The fourth-order valence-corrected chi connectivity index (χ4v) is 2.42. The van der Waals surface area contributed by atoms with Gasteiger partial charge < -0.3 is 9.47 Å². The molecule has 1 heterocycles. The molecule has 0 radical (unpaired) electrons. The lowest BCUT2D eigenvalue weighted by atomic mass is 9.96. The Hall–Kier alpha value is -2.15. The zero-order valence-electron chi connectivity index (χ0n) is 14.8. The van der Waals surface area contributed by atoms with E-state index in [2.05, 4.69) is 35.4 Å². The minimum absolute atomic E-state index is 0.112. The maximum atomic E-state index is 11.7. The molecule has 0 aliphatic heterocycles. The van der Waals surface area contributed by atoms with Crippen LogP contribution in [-0.4, -0.2) is 21.1 Å². The second-order valence-corrected chi connectivity index (χ2v) is 8.10. The number of carbonyl (C=O) groups is 1. The van der Waals surface area contributed by atoms with Crippen LogP contribution in [-0.2, 0) is 10.2 Å². The molecular formula is C17H23N3O3S. The van der Waals surface area contributed by atoms with E-state index in [1.54, 1.807) is 24.3 Å². The molecule has 1 amide bonds. The average Bonchev–Trinajstić information content (AvgIpc) is 2.87. The second kappa shape index (κ2) is 6.76. The third-order valence-corrected chi connectivity index (χ3v) is 3.38. The third-order valence-electron chi connectivity index (χ3n) is 2.78. The quantitative estimate of drug-likeness (QED) is 0.846. The largest absolute Gasteiger partial charge is 0.444 e. The minimum atomic E-state index is -0.532. The van der Waals surface area contributed by atoms with Crippen LogP contribution in [0.3, 0.4) is 0 Å². The molecule has 2 rings (SSSR count). The highest BCUT2D eigenvalue weighted by Crippen LogP contribution is 2.28. The van der Waals surface area contributed by atoms with Crippen molar-refractivity contribution in [2.45, 2.75) is 52.6 Å². The molecule has 0 saturated heterocycles. The van der Waals surface area contributed by atoms with E-state index in [0.717, 1.165) is 5.82 Å². The lowest BCUT2D eigenvalue weighted by Gasteiger charge is -2.19. The van der Waals surface area contributed by atoms with Crippen molar-refractivity contribution in [3.8, 4) is 10.9 Å². The van der Waals surface area contributed by atoms with Gasteiger partial charge in [0.05, 0.1) is 0 Å². The van der Waals surface area contributed by atoms with Crippen LogP contribution < -0.4 is 10.1 Å². The normalized spacial score (nSPS) is 11.9. The maximum absolute atomic E-state index is 11.7. The van der Waals surface area contributed by atoms with Gasteiger partial charge in [0.2, 0.25) is 0 Å². The Morgan fingerprint density at radius 3 is 2.21 bits per heavy atom. The first-order valence-electron chi connectivity index (χ1n) is 7.65. The average molecular weight is 349 g/mol. The Kier molecular flexibility index (Phi) is 5.13. The van der Waals surface area contributed by atoms with Gasteiger partial charge in [0, 0.05) is 22.6 Å². The molecule has 1 aromatic carbocycles. The predicted molar refractivity (Wildman–Crippen MR) is 95.0 cm³/mol. The van der Waals surface area contributed by atoms with Crippen LogP contribution >= 0.6 is 11.5 Å². The molecule has 0 saturated carbocycles. The summed E-state index contributed by atoms with van der Waals surface area (Å²) in [5, 5.41) is 3.16. The molecule has 0 bridgehead atoms. The molecule has 0 aliphatic carbocycles. The van der Waals surface area contributed by atoms with Crippen LogP contribution in [0.15, 0.2) is 24.3 Å². The lowest BCUT2D eigenvalue weighted by molar-refractivity contribution is 0.0636. The number of hydrogen-bond acceptors (Lipinski definition) is 6. The number of nitrogens with one attached hydrogen (secondary N) is 1. The fraction of sp³-hybridized carbons (Fsp3) is 0.471. The number of amides is 1. The lowest BCUT2D eigenvalue weighted by Crippen LogP contribution is -2.27. The number of aromatic nitrogens is 2. The first-order valence-corrected chi connectivity index (χ1v) is 8.42. The Bertz CT molecular complexity index is 697. The van der Waals surface area contributed by atoms with Crippen molar-refractivity contribution in [2.75, 3.05) is 5.32 Å². The molecule has 7 heteroatoms. The number of rotatable bonds is 3. The molecule has 0 aliphatic rings. The van der Waals surface area contributed by atoms with Gasteiger partial charge in [-0.1, -0.05) is 20.8 Å². The molecule has 6 nitrogen and oxygen atoms in total. The highest BCUT2D eigenvalue weighted by molar-refractivity contribution is 7.07. The minimum Gasteiger partial charge on any atom is -0.444 e. The molecule has 2 aromatic rings. The summed E-state index contributed by atoms with van der Waals surface area (Å²) >= 11 is 1.22. The Balaban J connectivity index is 1.97. The van der Waals surface area contributed by atoms with Gasteiger partial charge in [0.25, 0.3) is 5.19 Å². The topological polar surface area (TPSA) is 73.3 Å². The van der Waals surface area contributed by atoms with E-state index in [1.165, 1.54) is 11.5 Å². The first kappa shape index (κ1) is 18.2. The molecule has 1 aromatic heterocycles. The summed E-state index contributed by atoms with van der Waals surface area (Å²) in [5.74, 6) is 1.38. The number of nitrogens with zero attached hydrogens (tertiary/aromatic N) is 2. The van der Waals surface area contributed by atoms with Crippen molar-refractivity contribution >= 4 is 23.3 Å². The molecule has 0 fully saturated rings. The summed E-state index contributed by atoms with van der Waals surface area (Å²) in [6, 6.07) is 6.99. The van der Waals surface area contributed by atoms with Crippen LogP contribution in [0.1, 0.15) is 47.4 Å². The zero-order chi connectivity index (χ0) is 18.0. The van der Waals surface area contributed by atoms with Gasteiger partial charge in [0.15, 0.2) is 5.82 Å². The molecule has 130 valence electrons. The molecule has 0 spiro atoms. The van der Waals surface area contributed by atoms with E-state index < -0.39 is 11.7 Å². The van der Waals surface area contributed by atoms with E-state index in [0.29, 0.717) is 16.6 Å². The number of anilines is 1. The van der Waals surface area contributed by atoms with Crippen molar-refractivity contribution < 1.29 is 14.3 Å². The highest BCUT2D eigenvalue weighted by atomic mass is 32.1. The van der Waals surface area contributed by atoms with Gasteiger partial charge in [-0.2, -0.15) is 9.36 Å². The van der Waals surface area contributed by atoms with E-state index in [4.69, 9.17) is 9.47 Å². The van der Waals surface area contributed by atoms with E-state index in [-0.39, 0.29) is 5.41 Å². The van der Waals surface area contributed by atoms with Gasteiger partial charge >= 0.3 is 6.09 Å². The number of benzene rings is 1. The summed E-state index contributed by atoms with van der Waals surface area (Å²) in [7, 11) is 0. The Labute approximate surface area is 146 Å². The van der Waals surface area contributed by atoms with E-state index in [9.17, 15) is 4.79 Å². The van der Waals surface area contributed by atoms with Crippen LogP contribution in [0, 0.1) is 0 Å². The zero-order valence-corrected chi connectivity index (χ0v) is 15.7. The third kappa shape index (κ3) is 5.49. The summed E-state index contributed by atoms with van der Waals surface area (Å²) in [5.41, 5.74) is -0.0149. The molecule has 0 unspecified atom stereocenters. The van der Waals surface area contributed by atoms with Gasteiger partial charge in [0.1, 0.15) is 11.4 Å². The van der Waals surface area contributed by atoms with Gasteiger partial charge in [-0.3, -0.25) is 5.32 Å². The number of ether oxygens (including phenoxy) is 2. The molecular weight excluding hydrogens is 326 g/mol. The van der Waals surface area contributed by atoms with E-state index >= 15 is 0 Å². The first-order chi connectivity index (χ1) is 11.0. The van der Waals surface area contributed by atoms with E-state index in [1.807, 2.05) is 20.8 Å². The molecule has 24 heavy (non-hydrogen) atoms. The maximum Gasteiger partial charge on any atom is 0.412 e. The summed E-state index contributed by atoms with van der Waals surface area (Å²) in [6.45, 7) is 11.6. The predicted octanol–water partition coefficient (Wildman–Crippen LogP) is 4.97. The van der Waals surface area contributed by atoms with Gasteiger partial charge in [-0.15, -0.1) is 0 Å². The van der Waals surface area contributed by atoms with Crippen molar-refractivity contribution in [1.29, 1.82) is 0 Å². The summed E-state index contributed by atoms with van der Waals surface area (Å²) in [4.78, 5) is 16.1. The second-order valence-electron chi connectivity index (χ2n) is 7.39. The Morgan fingerprint density at radius 1 is 1.08 bits per heavy atom. The van der Waals surface area contributed by atoms with Crippen molar-refractivity contribution in [2.24, 2.45) is 0 Å². The highest BCUT2D eigenvalue weighted by Gasteiger charge is 2.20. The molecule has 0 atom stereocenters. The van der Waals surface area contributed by atoms with Crippen LogP contribution in [0.5, 0.6) is 10.9 Å². The van der Waals surface area contributed by atoms with Crippen LogP contribution in [0.25, 0.3) is 0 Å². The van der Waals surface area contributed by atoms with Crippen molar-refractivity contribution in [3.63, 3.8) is 0 Å². The van der Waals surface area contributed by atoms with Crippen LogP contribution in [0.2, 0.25) is 0 Å². The fourth-order valence-electron chi connectivity index (χ4n) is 1.68. The van der Waals surface area contributed by atoms with Gasteiger partial charge in [-0.05, 0) is 45.0 Å². The summed E-state index contributed by atoms with van der Waals surface area (Å²) in [6.07, 6.45) is -0.491. The Morgan fingerprint density at radius 2 is 1.71 bits per heavy atom. The van der Waals surface area contributed by atoms with Crippen molar-refractivity contribution in [1.82, 2.24) is 9.36 Å². The standard InChI is InChI=1S/C17H23N3O3S/c1-16(2,3)13-19-15(24-20-13)22-12-9-7-11(8-10-12)18-14(21)23-17(4,5)6/h7-10H,1-6H3,(H,18,21). The number of hydrogen-bond donors (Lipinski definition) is 1. The molecule has 1 N–H and O–H groups in total. The van der Waals surface area contributed by atoms with Crippen LogP contribution in [0.4, 0.5) is 10.5 Å².